The van der Waals surface area contributed by atoms with Crippen molar-refractivity contribution in [3.63, 3.8) is 0 Å². The smallest absolute Gasteiger partial charge is 0.292 e. The fourth-order valence-electron chi connectivity index (χ4n) is 1.97. The molecule has 1 N–H and O–H groups in total. The van der Waals surface area contributed by atoms with E-state index in [1.54, 1.807) is 6.07 Å². The van der Waals surface area contributed by atoms with E-state index in [4.69, 9.17) is 9.47 Å². The molecule has 0 unspecified atom stereocenters. The lowest BCUT2D eigenvalue weighted by Crippen LogP contribution is -2.30. The molecule has 0 saturated heterocycles. The van der Waals surface area contributed by atoms with E-state index in [0.717, 1.165) is 0 Å². The summed E-state index contributed by atoms with van der Waals surface area (Å²) < 4.78 is 23.0. The minimum absolute atomic E-state index is 0.137. The van der Waals surface area contributed by atoms with Gasteiger partial charge in [-0.2, -0.15) is 0 Å². The molecule has 0 heterocycles. The van der Waals surface area contributed by atoms with Crippen LogP contribution in [0.4, 0.5) is 4.39 Å². The fourth-order valence-corrected chi connectivity index (χ4v) is 1.97. The lowest BCUT2D eigenvalue weighted by molar-refractivity contribution is -0.117. The predicted molar refractivity (Wildman–Crippen MR) is 82.1 cm³/mol. The summed E-state index contributed by atoms with van der Waals surface area (Å²) in [5.74, 6) is -0.962. The van der Waals surface area contributed by atoms with Gasteiger partial charge in [0.25, 0.3) is 5.91 Å². The number of amides is 1. The average Bonchev–Trinajstić information content (AvgIpc) is 2.59. The summed E-state index contributed by atoms with van der Waals surface area (Å²) in [7, 11) is 2.93. The molecule has 0 spiro atoms. The normalized spacial score (nSPS) is 10.0. The van der Waals surface area contributed by atoms with Gasteiger partial charge in [-0.1, -0.05) is 12.1 Å². The van der Waals surface area contributed by atoms with Gasteiger partial charge in [0.1, 0.15) is 5.82 Å². The van der Waals surface area contributed by atoms with Gasteiger partial charge >= 0.3 is 0 Å². The Hall–Kier alpha value is -2.89. The van der Waals surface area contributed by atoms with Crippen LogP contribution in [0.2, 0.25) is 0 Å². The quantitative estimate of drug-likeness (QED) is 0.656. The number of nitrogens with one attached hydrogen (secondary N) is 1. The first kappa shape index (κ1) is 16.5. The highest BCUT2D eigenvalue weighted by atomic mass is 19.1. The van der Waals surface area contributed by atoms with Crippen molar-refractivity contribution in [3.05, 3.63) is 59.4 Å². The molecule has 120 valence electrons. The predicted octanol–water partition coefficient (Wildman–Crippen LogP) is 2.34. The van der Waals surface area contributed by atoms with E-state index in [1.165, 1.54) is 50.6 Å². The number of Topliss-reactive ketones (excluding diaryl/α,β-unsaturated/α-hetero) is 1. The third-order valence-corrected chi connectivity index (χ3v) is 3.22. The van der Waals surface area contributed by atoms with Gasteiger partial charge in [0.05, 0.1) is 14.2 Å². The van der Waals surface area contributed by atoms with Crippen molar-refractivity contribution >= 4 is 11.7 Å². The number of hydrogen-bond acceptors (Lipinski definition) is 4. The molecule has 0 aromatic heterocycles. The van der Waals surface area contributed by atoms with Gasteiger partial charge in [0, 0.05) is 12.1 Å². The second-order valence-electron chi connectivity index (χ2n) is 4.71. The number of halogens is 1. The van der Waals surface area contributed by atoms with Crippen LogP contribution in [0.5, 0.6) is 11.5 Å². The van der Waals surface area contributed by atoms with Crippen molar-refractivity contribution in [1.82, 2.24) is 5.32 Å². The minimum atomic E-state index is -0.749. The monoisotopic (exact) mass is 317 g/mol. The van der Waals surface area contributed by atoms with Gasteiger partial charge in [-0.05, 0) is 35.9 Å². The molecule has 0 bridgehead atoms. The second-order valence-corrected chi connectivity index (χ2v) is 4.71. The Labute approximate surface area is 133 Å². The molecular formula is C17H16FNO4. The molecule has 5 nitrogen and oxygen atoms in total. The van der Waals surface area contributed by atoms with Crippen LogP contribution in [0.3, 0.4) is 0 Å². The van der Waals surface area contributed by atoms with E-state index in [-0.39, 0.29) is 17.9 Å². The summed E-state index contributed by atoms with van der Waals surface area (Å²) in [5.41, 5.74) is 0.888. The highest BCUT2D eigenvalue weighted by Gasteiger charge is 2.18. The zero-order chi connectivity index (χ0) is 16.8. The van der Waals surface area contributed by atoms with Gasteiger partial charge in [0.15, 0.2) is 11.5 Å². The Morgan fingerprint density at radius 1 is 1.00 bits per heavy atom. The van der Waals surface area contributed by atoms with E-state index in [1.807, 2.05) is 0 Å². The van der Waals surface area contributed by atoms with Crippen LogP contribution in [0.15, 0.2) is 42.5 Å². The first-order valence-electron chi connectivity index (χ1n) is 6.84. The number of ketones is 1. The molecule has 6 heteroatoms. The van der Waals surface area contributed by atoms with E-state index < -0.39 is 11.7 Å². The van der Waals surface area contributed by atoms with Crippen LogP contribution in [-0.2, 0) is 11.3 Å². The summed E-state index contributed by atoms with van der Waals surface area (Å²) in [5, 5.41) is 2.50. The fraction of sp³-hybridized carbons (Fsp3) is 0.176. The van der Waals surface area contributed by atoms with Crippen molar-refractivity contribution in [1.29, 1.82) is 0 Å². The number of methoxy groups -OCH3 is 2. The molecule has 23 heavy (non-hydrogen) atoms. The molecule has 0 saturated carbocycles. The molecule has 0 aliphatic carbocycles. The standard InChI is InChI=1S/C17H16FNO4/c1-22-14-8-5-12(9-15(14)23-2)16(20)17(21)19-10-11-3-6-13(18)7-4-11/h3-9H,10H2,1-2H3,(H,19,21). The van der Waals surface area contributed by atoms with Crippen LogP contribution in [0, 0.1) is 5.82 Å². The molecule has 2 rings (SSSR count). The Kier molecular flexibility index (Phi) is 5.30. The number of carbonyl (C=O) groups is 2. The zero-order valence-electron chi connectivity index (χ0n) is 12.8. The van der Waals surface area contributed by atoms with Crippen LogP contribution >= 0.6 is 0 Å². The maximum Gasteiger partial charge on any atom is 0.292 e. The van der Waals surface area contributed by atoms with E-state index >= 15 is 0 Å². The van der Waals surface area contributed by atoms with Crippen LogP contribution in [0.25, 0.3) is 0 Å². The second kappa shape index (κ2) is 7.40. The van der Waals surface area contributed by atoms with Gasteiger partial charge < -0.3 is 14.8 Å². The molecule has 2 aromatic carbocycles. The average molecular weight is 317 g/mol. The lowest BCUT2D eigenvalue weighted by Gasteiger charge is -2.09. The molecule has 0 atom stereocenters. The van der Waals surface area contributed by atoms with Crippen molar-refractivity contribution < 1.29 is 23.5 Å². The maximum absolute atomic E-state index is 12.8. The summed E-state index contributed by atoms with van der Waals surface area (Å²) in [4.78, 5) is 24.1. The highest BCUT2D eigenvalue weighted by Crippen LogP contribution is 2.27. The summed E-state index contributed by atoms with van der Waals surface area (Å²) >= 11 is 0. The van der Waals surface area contributed by atoms with Crippen LogP contribution in [-0.4, -0.2) is 25.9 Å². The molecule has 0 aliphatic rings. The minimum Gasteiger partial charge on any atom is -0.493 e. The Morgan fingerprint density at radius 3 is 2.26 bits per heavy atom. The number of hydrogen-bond donors (Lipinski definition) is 1. The Bertz CT molecular complexity index is 713. The molecule has 0 radical (unpaired) electrons. The summed E-state index contributed by atoms with van der Waals surface area (Å²) in [6.45, 7) is 0.137. The van der Waals surface area contributed by atoms with Crippen LogP contribution < -0.4 is 14.8 Å². The van der Waals surface area contributed by atoms with Crippen molar-refractivity contribution in [3.8, 4) is 11.5 Å². The number of rotatable bonds is 6. The number of carbonyl (C=O) groups excluding carboxylic acids is 2. The largest absolute Gasteiger partial charge is 0.493 e. The van der Waals surface area contributed by atoms with E-state index in [2.05, 4.69) is 5.32 Å². The summed E-state index contributed by atoms with van der Waals surface area (Å²) in [6.07, 6.45) is 0. The van der Waals surface area contributed by atoms with E-state index in [9.17, 15) is 14.0 Å². The number of benzene rings is 2. The first-order chi connectivity index (χ1) is 11.0. The van der Waals surface area contributed by atoms with Gasteiger partial charge in [-0.3, -0.25) is 9.59 Å². The molecule has 2 aromatic rings. The SMILES string of the molecule is COc1ccc(C(=O)C(=O)NCc2ccc(F)cc2)cc1OC. The topological polar surface area (TPSA) is 64.6 Å². The molecule has 0 aliphatic heterocycles. The van der Waals surface area contributed by atoms with Crippen molar-refractivity contribution in [2.45, 2.75) is 6.54 Å². The highest BCUT2D eigenvalue weighted by molar-refractivity contribution is 6.42. The third kappa shape index (κ3) is 4.06. The maximum atomic E-state index is 12.8. The van der Waals surface area contributed by atoms with Gasteiger partial charge in [-0.15, -0.1) is 0 Å². The van der Waals surface area contributed by atoms with E-state index in [0.29, 0.717) is 17.1 Å². The number of ether oxygens (including phenoxy) is 2. The lowest BCUT2D eigenvalue weighted by atomic mass is 10.1. The van der Waals surface area contributed by atoms with Crippen molar-refractivity contribution in [2.75, 3.05) is 14.2 Å². The molecular weight excluding hydrogens is 301 g/mol. The molecule has 0 fully saturated rings. The van der Waals surface area contributed by atoms with Crippen LogP contribution in [0.1, 0.15) is 15.9 Å². The Morgan fingerprint density at radius 2 is 1.65 bits per heavy atom. The molecule has 1 amide bonds. The zero-order valence-corrected chi connectivity index (χ0v) is 12.8. The van der Waals surface area contributed by atoms with Gasteiger partial charge in [0.2, 0.25) is 5.78 Å². The Balaban J connectivity index is 2.04. The first-order valence-corrected chi connectivity index (χ1v) is 6.84. The van der Waals surface area contributed by atoms with Gasteiger partial charge in [-0.25, -0.2) is 4.39 Å². The summed E-state index contributed by atoms with van der Waals surface area (Å²) in [6, 6.07) is 10.1. The third-order valence-electron chi connectivity index (χ3n) is 3.22. The van der Waals surface area contributed by atoms with Crippen molar-refractivity contribution in [2.24, 2.45) is 0 Å².